The van der Waals surface area contributed by atoms with E-state index < -0.39 is 9.84 Å². The first kappa shape index (κ1) is 23.2. The van der Waals surface area contributed by atoms with Gasteiger partial charge in [0.2, 0.25) is 5.95 Å². The van der Waals surface area contributed by atoms with Gasteiger partial charge in [0.25, 0.3) is 0 Å². The van der Waals surface area contributed by atoms with Crippen LogP contribution in [0.1, 0.15) is 18.2 Å². The van der Waals surface area contributed by atoms with Crippen molar-refractivity contribution in [3.8, 4) is 22.6 Å². The van der Waals surface area contributed by atoms with Crippen LogP contribution in [0, 0.1) is 6.92 Å². The van der Waals surface area contributed by atoms with Gasteiger partial charge in [-0.05, 0) is 32.4 Å². The number of anilines is 1. The summed E-state index contributed by atoms with van der Waals surface area (Å²) in [5.41, 5.74) is 5.34. The van der Waals surface area contributed by atoms with E-state index in [0.717, 1.165) is 26.2 Å². The van der Waals surface area contributed by atoms with Gasteiger partial charge in [-0.1, -0.05) is 0 Å². The highest BCUT2D eigenvalue weighted by Gasteiger charge is 2.27. The SMILES string of the molecule is COc1cc(OCCCS(C)(=O)=O)ccc1-c1c(C)sc2cnc(NC3(C)C=NNC3)nc12. The van der Waals surface area contributed by atoms with Crippen LogP contribution in [-0.4, -0.2) is 62.4 Å². The number of methoxy groups -OCH3 is 1. The third-order valence-electron chi connectivity index (χ3n) is 5.26. The molecule has 1 atom stereocenters. The lowest BCUT2D eigenvalue weighted by molar-refractivity contribution is 0.315. The van der Waals surface area contributed by atoms with Gasteiger partial charge in [0, 0.05) is 28.3 Å². The highest BCUT2D eigenvalue weighted by Crippen LogP contribution is 2.42. The summed E-state index contributed by atoms with van der Waals surface area (Å²) < 4.78 is 35.0. The van der Waals surface area contributed by atoms with Crippen LogP contribution < -0.4 is 20.2 Å². The number of thiophene rings is 1. The summed E-state index contributed by atoms with van der Waals surface area (Å²) in [4.78, 5) is 10.4. The Hall–Kier alpha value is -2.92. The number of ether oxygens (including phenoxy) is 2. The van der Waals surface area contributed by atoms with Crippen LogP contribution >= 0.6 is 11.3 Å². The number of hydrazone groups is 1. The zero-order valence-electron chi connectivity index (χ0n) is 19.0. The van der Waals surface area contributed by atoms with Gasteiger partial charge in [-0.25, -0.2) is 18.4 Å². The van der Waals surface area contributed by atoms with E-state index in [-0.39, 0.29) is 11.3 Å². The molecule has 1 unspecified atom stereocenters. The molecule has 0 saturated carbocycles. The van der Waals surface area contributed by atoms with E-state index in [2.05, 4.69) is 27.8 Å². The van der Waals surface area contributed by atoms with Crippen molar-refractivity contribution < 1.29 is 17.9 Å². The van der Waals surface area contributed by atoms with Crippen molar-refractivity contribution in [1.29, 1.82) is 0 Å². The van der Waals surface area contributed by atoms with Gasteiger partial charge in [0.1, 0.15) is 21.3 Å². The normalized spacial score (nSPS) is 17.8. The third-order valence-corrected chi connectivity index (χ3v) is 7.32. The zero-order valence-corrected chi connectivity index (χ0v) is 20.6. The first-order chi connectivity index (χ1) is 15.7. The Morgan fingerprint density at radius 1 is 1.33 bits per heavy atom. The van der Waals surface area contributed by atoms with Gasteiger partial charge in [-0.15, -0.1) is 11.3 Å². The molecule has 0 bridgehead atoms. The number of benzene rings is 1. The van der Waals surface area contributed by atoms with Crippen molar-refractivity contribution in [1.82, 2.24) is 15.4 Å². The Morgan fingerprint density at radius 2 is 2.15 bits per heavy atom. The molecule has 1 aliphatic rings. The molecule has 0 aliphatic carbocycles. The lowest BCUT2D eigenvalue weighted by Crippen LogP contribution is -2.40. The molecule has 4 rings (SSSR count). The van der Waals surface area contributed by atoms with Crippen LogP contribution in [0.5, 0.6) is 11.5 Å². The predicted octanol–water partition coefficient (Wildman–Crippen LogP) is 3.25. The average molecular weight is 490 g/mol. The number of aryl methyl sites for hydroxylation is 1. The minimum atomic E-state index is -3.00. The lowest BCUT2D eigenvalue weighted by Gasteiger charge is -2.21. The maximum absolute atomic E-state index is 11.3. The minimum Gasteiger partial charge on any atom is -0.496 e. The molecule has 0 saturated heterocycles. The highest BCUT2D eigenvalue weighted by atomic mass is 32.2. The molecule has 1 aromatic carbocycles. The van der Waals surface area contributed by atoms with E-state index in [1.165, 1.54) is 6.26 Å². The zero-order chi connectivity index (χ0) is 23.6. The topological polar surface area (TPSA) is 115 Å². The van der Waals surface area contributed by atoms with Crippen LogP contribution in [0.25, 0.3) is 21.3 Å². The van der Waals surface area contributed by atoms with Crippen molar-refractivity contribution in [3.63, 3.8) is 0 Å². The molecule has 9 nitrogen and oxygen atoms in total. The molecule has 176 valence electrons. The fourth-order valence-electron chi connectivity index (χ4n) is 3.64. The van der Waals surface area contributed by atoms with Crippen LogP contribution in [0.2, 0.25) is 0 Å². The molecule has 11 heteroatoms. The van der Waals surface area contributed by atoms with Crippen molar-refractivity contribution in [2.45, 2.75) is 25.8 Å². The second-order valence-electron chi connectivity index (χ2n) is 8.27. The summed E-state index contributed by atoms with van der Waals surface area (Å²) in [7, 11) is -1.38. The standard InChI is InChI=1S/C22H27N5O4S2/c1-14-19(16-7-6-15(10-17(16)30-3)31-8-5-9-33(4,28)29)20-18(32-14)11-23-21(26-20)27-22(2)12-24-25-13-22/h6-7,10-12,25H,5,8-9,13H2,1-4H3,(H,23,26,27). The van der Waals surface area contributed by atoms with Gasteiger partial charge in [0.15, 0.2) is 0 Å². The van der Waals surface area contributed by atoms with Crippen molar-refractivity contribution in [2.75, 3.05) is 37.6 Å². The van der Waals surface area contributed by atoms with Crippen molar-refractivity contribution in [2.24, 2.45) is 5.10 Å². The van der Waals surface area contributed by atoms with E-state index in [1.807, 2.05) is 37.5 Å². The van der Waals surface area contributed by atoms with Crippen LogP contribution in [0.15, 0.2) is 29.5 Å². The third kappa shape index (κ3) is 5.36. The number of aromatic nitrogens is 2. The van der Waals surface area contributed by atoms with Gasteiger partial charge in [0.05, 0.1) is 54.2 Å². The summed E-state index contributed by atoms with van der Waals surface area (Å²) in [6.45, 7) is 5.05. The molecule has 1 aliphatic heterocycles. The van der Waals surface area contributed by atoms with E-state index >= 15 is 0 Å². The smallest absolute Gasteiger partial charge is 0.224 e. The van der Waals surface area contributed by atoms with E-state index in [9.17, 15) is 8.42 Å². The number of nitrogens with zero attached hydrogens (tertiary/aromatic N) is 3. The molecule has 0 spiro atoms. The predicted molar refractivity (Wildman–Crippen MR) is 132 cm³/mol. The number of sulfone groups is 1. The molecule has 0 fully saturated rings. The summed E-state index contributed by atoms with van der Waals surface area (Å²) >= 11 is 1.63. The maximum atomic E-state index is 11.3. The van der Waals surface area contributed by atoms with Gasteiger partial charge in [-0.3, -0.25) is 0 Å². The Labute approximate surface area is 197 Å². The molecule has 2 aromatic heterocycles. The number of rotatable bonds is 9. The second kappa shape index (κ2) is 9.14. The Kier molecular flexibility index (Phi) is 6.44. The first-order valence-corrected chi connectivity index (χ1v) is 13.4. The molecule has 3 aromatic rings. The Bertz CT molecular complexity index is 1310. The fourth-order valence-corrected chi connectivity index (χ4v) is 5.27. The highest BCUT2D eigenvalue weighted by molar-refractivity contribution is 7.90. The molecule has 33 heavy (non-hydrogen) atoms. The number of hydrogen-bond donors (Lipinski definition) is 2. The quantitative estimate of drug-likeness (QED) is 0.440. The van der Waals surface area contributed by atoms with E-state index in [1.54, 1.807) is 18.4 Å². The summed E-state index contributed by atoms with van der Waals surface area (Å²) in [6.07, 6.45) is 5.31. The summed E-state index contributed by atoms with van der Waals surface area (Å²) in [5.74, 6) is 1.91. The fraction of sp³-hybridized carbons (Fsp3) is 0.409. The van der Waals surface area contributed by atoms with Crippen LogP contribution in [0.4, 0.5) is 5.95 Å². The van der Waals surface area contributed by atoms with Crippen LogP contribution in [-0.2, 0) is 9.84 Å². The Morgan fingerprint density at radius 3 is 2.85 bits per heavy atom. The maximum Gasteiger partial charge on any atom is 0.224 e. The lowest BCUT2D eigenvalue weighted by atomic mass is 10.0. The van der Waals surface area contributed by atoms with E-state index in [4.69, 9.17) is 14.5 Å². The van der Waals surface area contributed by atoms with Crippen molar-refractivity contribution in [3.05, 3.63) is 29.3 Å². The average Bonchev–Trinajstić information content (AvgIpc) is 3.32. The molecule has 2 N–H and O–H groups in total. The second-order valence-corrected chi connectivity index (χ2v) is 11.8. The number of hydrogen-bond acceptors (Lipinski definition) is 10. The van der Waals surface area contributed by atoms with Gasteiger partial charge < -0.3 is 20.2 Å². The summed E-state index contributed by atoms with van der Waals surface area (Å²) in [5, 5.41) is 7.44. The van der Waals surface area contributed by atoms with Crippen molar-refractivity contribution >= 4 is 43.6 Å². The first-order valence-electron chi connectivity index (χ1n) is 10.5. The molecular weight excluding hydrogens is 462 g/mol. The summed E-state index contributed by atoms with van der Waals surface area (Å²) in [6, 6.07) is 5.63. The molecule has 0 amide bonds. The molecule has 3 heterocycles. The molecular formula is C22H27N5O4S2. The van der Waals surface area contributed by atoms with Gasteiger partial charge in [-0.2, -0.15) is 5.10 Å². The molecule has 0 radical (unpaired) electrons. The minimum absolute atomic E-state index is 0.0966. The Balaban J connectivity index is 1.62. The largest absolute Gasteiger partial charge is 0.496 e. The van der Waals surface area contributed by atoms with Gasteiger partial charge >= 0.3 is 0 Å². The van der Waals surface area contributed by atoms with Crippen LogP contribution in [0.3, 0.4) is 0 Å². The number of fused-ring (bicyclic) bond motifs is 1. The number of nitrogens with one attached hydrogen (secondary N) is 2. The van der Waals surface area contributed by atoms with E-state index in [0.29, 0.717) is 37.0 Å². The monoisotopic (exact) mass is 489 g/mol.